The summed E-state index contributed by atoms with van der Waals surface area (Å²) in [4.78, 5) is 12.1. The van der Waals surface area contributed by atoms with Crippen molar-refractivity contribution >= 4 is 28.8 Å². The molecule has 2 aromatic rings. The van der Waals surface area contributed by atoms with Gasteiger partial charge in [0.2, 0.25) is 0 Å². The van der Waals surface area contributed by atoms with Crippen molar-refractivity contribution in [2.75, 3.05) is 5.32 Å². The van der Waals surface area contributed by atoms with Crippen molar-refractivity contribution in [3.8, 4) is 0 Å². The number of carbonyl (C=O) groups is 1. The molecule has 3 nitrogen and oxygen atoms in total. The molecule has 0 saturated heterocycles. The van der Waals surface area contributed by atoms with Crippen molar-refractivity contribution in [3.05, 3.63) is 65.0 Å². The van der Waals surface area contributed by atoms with Gasteiger partial charge in [0.1, 0.15) is 10.8 Å². The van der Waals surface area contributed by atoms with Gasteiger partial charge in [0.25, 0.3) is 5.91 Å². The molecule has 5 heteroatoms. The molecule has 2 aromatic carbocycles. The number of aryl methyl sites for hydroxylation is 1. The molecule has 0 heterocycles. The van der Waals surface area contributed by atoms with Crippen molar-refractivity contribution in [2.45, 2.75) is 6.92 Å². The van der Waals surface area contributed by atoms with Crippen molar-refractivity contribution in [2.24, 2.45) is 5.73 Å². The molecule has 2 rings (SSSR count). The maximum atomic E-state index is 13.8. The Morgan fingerprint density at radius 1 is 1.15 bits per heavy atom. The van der Waals surface area contributed by atoms with Crippen LogP contribution in [0.15, 0.2) is 42.5 Å². The van der Waals surface area contributed by atoms with E-state index in [1.165, 1.54) is 12.1 Å². The summed E-state index contributed by atoms with van der Waals surface area (Å²) < 4.78 is 13.8. The molecule has 102 valence electrons. The average Bonchev–Trinajstić information content (AvgIpc) is 2.41. The summed E-state index contributed by atoms with van der Waals surface area (Å²) >= 11 is 4.77. The number of hydrogen-bond acceptors (Lipinski definition) is 2. The average molecular weight is 288 g/mol. The van der Waals surface area contributed by atoms with E-state index < -0.39 is 5.82 Å². The Morgan fingerprint density at radius 3 is 2.30 bits per heavy atom. The highest BCUT2D eigenvalue weighted by atomic mass is 32.1. The van der Waals surface area contributed by atoms with E-state index in [9.17, 15) is 9.18 Å². The van der Waals surface area contributed by atoms with Crippen molar-refractivity contribution < 1.29 is 9.18 Å². The van der Waals surface area contributed by atoms with Crippen LogP contribution in [0.5, 0.6) is 0 Å². The first-order valence-corrected chi connectivity index (χ1v) is 6.35. The number of anilines is 1. The van der Waals surface area contributed by atoms with E-state index in [-0.39, 0.29) is 16.6 Å². The standard InChI is InChI=1S/C15H13FN2OS/c1-9-2-4-10(5-3-9)15(19)18-13-7-6-11(14(17)20)8-12(13)16/h2-8H,1H3,(H2,17,20)(H,18,19). The first-order chi connectivity index (χ1) is 9.47. The molecule has 0 unspecified atom stereocenters. The molecule has 0 bridgehead atoms. The van der Waals surface area contributed by atoms with Crippen LogP contribution in [-0.4, -0.2) is 10.9 Å². The van der Waals surface area contributed by atoms with Crippen LogP contribution < -0.4 is 11.1 Å². The Labute approximate surface area is 121 Å². The SMILES string of the molecule is Cc1ccc(C(=O)Nc2ccc(C(N)=S)cc2F)cc1. The van der Waals surface area contributed by atoms with Gasteiger partial charge in [-0.3, -0.25) is 4.79 Å². The largest absolute Gasteiger partial charge is 0.389 e. The molecule has 1 amide bonds. The number of hydrogen-bond donors (Lipinski definition) is 2. The molecule has 0 atom stereocenters. The first-order valence-electron chi connectivity index (χ1n) is 5.95. The van der Waals surface area contributed by atoms with E-state index in [1.54, 1.807) is 18.2 Å². The molecule has 0 radical (unpaired) electrons. The van der Waals surface area contributed by atoms with E-state index in [0.29, 0.717) is 11.1 Å². The second-order valence-electron chi connectivity index (χ2n) is 4.38. The third-order valence-corrected chi connectivity index (χ3v) is 3.05. The third kappa shape index (κ3) is 3.19. The number of benzene rings is 2. The number of nitrogens with one attached hydrogen (secondary N) is 1. The maximum Gasteiger partial charge on any atom is 0.255 e. The molecule has 0 aliphatic carbocycles. The van der Waals surface area contributed by atoms with Crippen LogP contribution in [0.3, 0.4) is 0 Å². The summed E-state index contributed by atoms with van der Waals surface area (Å²) in [6.07, 6.45) is 0. The lowest BCUT2D eigenvalue weighted by molar-refractivity contribution is 0.102. The predicted octanol–water partition coefficient (Wildman–Crippen LogP) is 3.02. The van der Waals surface area contributed by atoms with Crippen molar-refractivity contribution in [1.82, 2.24) is 0 Å². The second-order valence-corrected chi connectivity index (χ2v) is 4.82. The molecular formula is C15H13FN2OS. The zero-order chi connectivity index (χ0) is 14.7. The Morgan fingerprint density at radius 2 is 1.75 bits per heavy atom. The maximum absolute atomic E-state index is 13.8. The summed E-state index contributed by atoms with van der Waals surface area (Å²) in [6.45, 7) is 1.93. The first kappa shape index (κ1) is 14.1. The van der Waals surface area contributed by atoms with Crippen molar-refractivity contribution in [3.63, 3.8) is 0 Å². The minimum atomic E-state index is -0.573. The summed E-state index contributed by atoms with van der Waals surface area (Å²) in [7, 11) is 0. The molecule has 0 aliphatic heterocycles. The fraction of sp³-hybridized carbons (Fsp3) is 0.0667. The lowest BCUT2D eigenvalue weighted by Crippen LogP contribution is -2.14. The van der Waals surface area contributed by atoms with Crippen molar-refractivity contribution in [1.29, 1.82) is 0 Å². The molecule has 0 aromatic heterocycles. The third-order valence-electron chi connectivity index (χ3n) is 2.82. The Balaban J connectivity index is 2.19. The monoisotopic (exact) mass is 288 g/mol. The zero-order valence-electron chi connectivity index (χ0n) is 10.8. The van der Waals surface area contributed by atoms with Gasteiger partial charge < -0.3 is 11.1 Å². The number of nitrogens with two attached hydrogens (primary N) is 1. The van der Waals surface area contributed by atoms with Crippen LogP contribution in [0, 0.1) is 12.7 Å². The highest BCUT2D eigenvalue weighted by Crippen LogP contribution is 2.17. The molecule has 0 aliphatic rings. The van der Waals surface area contributed by atoms with E-state index in [4.69, 9.17) is 18.0 Å². The van der Waals surface area contributed by atoms with Gasteiger partial charge in [0.05, 0.1) is 5.69 Å². The van der Waals surface area contributed by atoms with Crippen LogP contribution in [0.4, 0.5) is 10.1 Å². The highest BCUT2D eigenvalue weighted by Gasteiger charge is 2.10. The Kier molecular flexibility index (Phi) is 4.10. The molecule has 0 saturated carbocycles. The summed E-state index contributed by atoms with van der Waals surface area (Å²) in [5, 5.41) is 2.51. The number of amides is 1. The molecule has 20 heavy (non-hydrogen) atoms. The molecule has 3 N–H and O–H groups in total. The predicted molar refractivity (Wildman–Crippen MR) is 81.4 cm³/mol. The Bertz CT molecular complexity index is 668. The minimum absolute atomic E-state index is 0.0931. The van der Waals surface area contributed by atoms with Crippen LogP contribution in [0.25, 0.3) is 0 Å². The molecular weight excluding hydrogens is 275 g/mol. The van der Waals surface area contributed by atoms with Gasteiger partial charge in [-0.15, -0.1) is 0 Å². The normalized spacial score (nSPS) is 10.1. The van der Waals surface area contributed by atoms with Gasteiger partial charge >= 0.3 is 0 Å². The van der Waals surface area contributed by atoms with Gasteiger partial charge in [0, 0.05) is 11.1 Å². The second kappa shape index (κ2) is 5.79. The van der Waals surface area contributed by atoms with E-state index in [1.807, 2.05) is 19.1 Å². The summed E-state index contributed by atoms with van der Waals surface area (Å²) in [5.74, 6) is -0.942. The smallest absolute Gasteiger partial charge is 0.255 e. The molecule has 0 spiro atoms. The van der Waals surface area contributed by atoms with E-state index in [2.05, 4.69) is 5.32 Å². The van der Waals surface area contributed by atoms with Crippen LogP contribution in [0.1, 0.15) is 21.5 Å². The number of halogens is 1. The lowest BCUT2D eigenvalue weighted by Gasteiger charge is -2.08. The van der Waals surface area contributed by atoms with Crippen LogP contribution >= 0.6 is 12.2 Å². The Hall–Kier alpha value is -2.27. The van der Waals surface area contributed by atoms with Crippen LogP contribution in [-0.2, 0) is 0 Å². The zero-order valence-corrected chi connectivity index (χ0v) is 11.6. The number of thiocarbonyl (C=S) groups is 1. The van der Waals surface area contributed by atoms with Gasteiger partial charge in [-0.25, -0.2) is 4.39 Å². The van der Waals surface area contributed by atoms with Gasteiger partial charge in [0.15, 0.2) is 0 Å². The summed E-state index contributed by atoms with van der Waals surface area (Å²) in [5.41, 5.74) is 7.45. The van der Waals surface area contributed by atoms with E-state index in [0.717, 1.165) is 5.56 Å². The highest BCUT2D eigenvalue weighted by molar-refractivity contribution is 7.80. The van der Waals surface area contributed by atoms with Gasteiger partial charge in [-0.05, 0) is 37.3 Å². The van der Waals surface area contributed by atoms with Gasteiger partial charge in [-0.2, -0.15) is 0 Å². The topological polar surface area (TPSA) is 55.1 Å². The molecule has 0 fully saturated rings. The van der Waals surface area contributed by atoms with Gasteiger partial charge in [-0.1, -0.05) is 29.9 Å². The number of rotatable bonds is 3. The van der Waals surface area contributed by atoms with E-state index >= 15 is 0 Å². The summed E-state index contributed by atoms with van der Waals surface area (Å²) in [6, 6.07) is 11.2. The quantitative estimate of drug-likeness (QED) is 0.854. The minimum Gasteiger partial charge on any atom is -0.389 e. The lowest BCUT2D eigenvalue weighted by atomic mass is 10.1. The fourth-order valence-electron chi connectivity index (χ4n) is 1.67. The number of carbonyl (C=O) groups excluding carboxylic acids is 1. The fourth-order valence-corrected chi connectivity index (χ4v) is 1.80. The van der Waals surface area contributed by atoms with Crippen LogP contribution in [0.2, 0.25) is 0 Å².